The maximum atomic E-state index is 11.4. The van der Waals surface area contributed by atoms with Crippen LogP contribution in [0.5, 0.6) is 0 Å². The Bertz CT molecular complexity index is 516. The van der Waals surface area contributed by atoms with Crippen LogP contribution in [0.4, 0.5) is 5.69 Å². The summed E-state index contributed by atoms with van der Waals surface area (Å²) in [5, 5.41) is 0. The van der Waals surface area contributed by atoms with Crippen LogP contribution in [0.1, 0.15) is 31.2 Å². The van der Waals surface area contributed by atoms with Crippen molar-refractivity contribution < 1.29 is 8.42 Å². The number of nitrogens with two attached hydrogens (primary N) is 1. The minimum Gasteiger partial charge on any atom is -0.321 e. The van der Waals surface area contributed by atoms with Gasteiger partial charge in [-0.05, 0) is 30.5 Å². The number of nitrogens with zero attached hydrogens (tertiary/aromatic N) is 1. The maximum Gasteiger partial charge on any atom is 0.231 e. The summed E-state index contributed by atoms with van der Waals surface area (Å²) in [6, 6.07) is 7.54. The van der Waals surface area contributed by atoms with E-state index in [4.69, 9.17) is 5.73 Å². The van der Waals surface area contributed by atoms with Gasteiger partial charge in [0.1, 0.15) is 0 Å². The lowest BCUT2D eigenvalue weighted by Gasteiger charge is -2.25. The van der Waals surface area contributed by atoms with Crippen molar-refractivity contribution in [1.82, 2.24) is 0 Å². The van der Waals surface area contributed by atoms with Gasteiger partial charge >= 0.3 is 0 Å². The average Bonchev–Trinajstić information content (AvgIpc) is 2.75. The van der Waals surface area contributed by atoms with E-state index in [9.17, 15) is 8.42 Å². The largest absolute Gasteiger partial charge is 0.321 e. The van der Waals surface area contributed by atoms with Crippen LogP contribution < -0.4 is 10.0 Å². The second-order valence-electron chi connectivity index (χ2n) is 5.14. The van der Waals surface area contributed by atoms with Gasteiger partial charge in [0.15, 0.2) is 0 Å². The van der Waals surface area contributed by atoms with E-state index in [-0.39, 0.29) is 5.54 Å². The molecule has 0 aromatic heterocycles. The molecule has 0 heterocycles. The minimum absolute atomic E-state index is 0.220. The van der Waals surface area contributed by atoms with Crippen molar-refractivity contribution in [3.63, 3.8) is 0 Å². The Labute approximate surface area is 109 Å². The van der Waals surface area contributed by atoms with Crippen LogP contribution in [0.15, 0.2) is 24.3 Å². The molecule has 0 unspecified atom stereocenters. The predicted octanol–water partition coefficient (Wildman–Crippen LogP) is 1.81. The van der Waals surface area contributed by atoms with Crippen LogP contribution in [0.3, 0.4) is 0 Å². The topological polar surface area (TPSA) is 63.4 Å². The Hall–Kier alpha value is -1.07. The minimum atomic E-state index is -3.20. The van der Waals surface area contributed by atoms with Crippen LogP contribution in [0, 0.1) is 0 Å². The Morgan fingerprint density at radius 3 is 2.11 bits per heavy atom. The summed E-state index contributed by atoms with van der Waals surface area (Å²) in [5.74, 6) is 0. The van der Waals surface area contributed by atoms with Crippen molar-refractivity contribution in [3.8, 4) is 0 Å². The van der Waals surface area contributed by atoms with E-state index in [1.807, 2.05) is 24.3 Å². The molecule has 0 spiro atoms. The number of anilines is 1. The zero-order valence-corrected chi connectivity index (χ0v) is 11.7. The Balaban J connectivity index is 2.25. The van der Waals surface area contributed by atoms with Gasteiger partial charge in [-0.3, -0.25) is 4.31 Å². The summed E-state index contributed by atoms with van der Waals surface area (Å²) in [7, 11) is -1.65. The molecule has 1 aromatic carbocycles. The summed E-state index contributed by atoms with van der Waals surface area (Å²) in [6.45, 7) is 0. The van der Waals surface area contributed by atoms with Crippen molar-refractivity contribution in [2.45, 2.75) is 31.2 Å². The molecule has 2 N–H and O–H groups in total. The zero-order chi connectivity index (χ0) is 13.4. The first-order valence-corrected chi connectivity index (χ1v) is 8.01. The van der Waals surface area contributed by atoms with Gasteiger partial charge in [-0.15, -0.1) is 0 Å². The van der Waals surface area contributed by atoms with Crippen molar-refractivity contribution in [1.29, 1.82) is 0 Å². The molecule has 0 bridgehead atoms. The van der Waals surface area contributed by atoms with E-state index >= 15 is 0 Å². The van der Waals surface area contributed by atoms with Gasteiger partial charge in [-0.1, -0.05) is 25.0 Å². The van der Waals surface area contributed by atoms with Gasteiger partial charge in [-0.2, -0.15) is 0 Å². The highest BCUT2D eigenvalue weighted by atomic mass is 32.2. The molecule has 18 heavy (non-hydrogen) atoms. The average molecular weight is 268 g/mol. The van der Waals surface area contributed by atoms with Crippen LogP contribution in [-0.2, 0) is 15.6 Å². The fourth-order valence-electron chi connectivity index (χ4n) is 2.49. The quantitative estimate of drug-likeness (QED) is 0.909. The number of hydrogen-bond acceptors (Lipinski definition) is 3. The van der Waals surface area contributed by atoms with Crippen molar-refractivity contribution in [2.24, 2.45) is 5.73 Å². The lowest BCUT2D eigenvalue weighted by atomic mass is 9.89. The van der Waals surface area contributed by atoms with Gasteiger partial charge in [0.25, 0.3) is 0 Å². The Morgan fingerprint density at radius 1 is 1.17 bits per heavy atom. The first-order valence-electron chi connectivity index (χ1n) is 6.16. The fourth-order valence-corrected chi connectivity index (χ4v) is 2.99. The summed E-state index contributed by atoms with van der Waals surface area (Å²) < 4.78 is 24.1. The first-order chi connectivity index (χ1) is 8.33. The molecule has 1 aromatic rings. The molecule has 1 aliphatic carbocycles. The van der Waals surface area contributed by atoms with E-state index in [1.165, 1.54) is 23.4 Å². The fraction of sp³-hybridized carbons (Fsp3) is 0.538. The number of rotatable bonds is 3. The van der Waals surface area contributed by atoms with Gasteiger partial charge in [0, 0.05) is 12.6 Å². The molecule has 4 nitrogen and oxygen atoms in total. The molecule has 5 heteroatoms. The summed E-state index contributed by atoms with van der Waals surface area (Å²) >= 11 is 0. The molecule has 0 aliphatic heterocycles. The molecule has 1 aliphatic rings. The zero-order valence-electron chi connectivity index (χ0n) is 10.9. The third kappa shape index (κ3) is 2.52. The third-order valence-corrected chi connectivity index (χ3v) is 5.00. The SMILES string of the molecule is CN(c1ccc(C2(N)CCCC2)cc1)S(C)(=O)=O. The Kier molecular flexibility index (Phi) is 3.38. The van der Waals surface area contributed by atoms with Crippen molar-refractivity contribution in [2.75, 3.05) is 17.6 Å². The van der Waals surface area contributed by atoms with E-state index in [0.29, 0.717) is 5.69 Å². The Morgan fingerprint density at radius 2 is 1.67 bits per heavy atom. The van der Waals surface area contributed by atoms with Crippen molar-refractivity contribution in [3.05, 3.63) is 29.8 Å². The second-order valence-corrected chi connectivity index (χ2v) is 7.15. The van der Waals surface area contributed by atoms with Gasteiger partial charge < -0.3 is 5.73 Å². The normalized spacial score (nSPS) is 18.8. The highest BCUT2D eigenvalue weighted by Gasteiger charge is 2.31. The molecule has 0 atom stereocenters. The van der Waals surface area contributed by atoms with Gasteiger partial charge in [0.2, 0.25) is 10.0 Å². The smallest absolute Gasteiger partial charge is 0.231 e. The molecule has 0 radical (unpaired) electrons. The monoisotopic (exact) mass is 268 g/mol. The van der Waals surface area contributed by atoms with Gasteiger partial charge in [-0.25, -0.2) is 8.42 Å². The van der Waals surface area contributed by atoms with E-state index < -0.39 is 10.0 Å². The first kappa shape index (κ1) is 13.4. The summed E-state index contributed by atoms with van der Waals surface area (Å²) in [6.07, 6.45) is 5.55. The van der Waals surface area contributed by atoms with Crippen LogP contribution in [0.25, 0.3) is 0 Å². The lowest BCUT2D eigenvalue weighted by molar-refractivity contribution is 0.462. The number of hydrogen-bond donors (Lipinski definition) is 1. The van der Waals surface area contributed by atoms with Crippen LogP contribution >= 0.6 is 0 Å². The number of sulfonamides is 1. The summed E-state index contributed by atoms with van der Waals surface area (Å²) in [4.78, 5) is 0. The molecule has 1 fully saturated rings. The maximum absolute atomic E-state index is 11.4. The van der Waals surface area contributed by atoms with Gasteiger partial charge in [0.05, 0.1) is 11.9 Å². The van der Waals surface area contributed by atoms with E-state index in [1.54, 1.807) is 7.05 Å². The summed E-state index contributed by atoms with van der Waals surface area (Å²) in [5.41, 5.74) is 7.91. The predicted molar refractivity (Wildman–Crippen MR) is 74.0 cm³/mol. The molecule has 0 saturated heterocycles. The molecular formula is C13H20N2O2S. The highest BCUT2D eigenvalue weighted by Crippen LogP contribution is 2.36. The van der Waals surface area contributed by atoms with Crippen molar-refractivity contribution >= 4 is 15.7 Å². The molecule has 1 saturated carbocycles. The standard InChI is InChI=1S/C13H20N2O2S/c1-15(18(2,16)17)12-7-5-11(6-8-12)13(14)9-3-4-10-13/h5-8H,3-4,9-10,14H2,1-2H3. The van der Waals surface area contributed by atoms with E-state index in [0.717, 1.165) is 18.4 Å². The molecular weight excluding hydrogens is 248 g/mol. The lowest BCUT2D eigenvalue weighted by Crippen LogP contribution is -2.33. The number of benzene rings is 1. The highest BCUT2D eigenvalue weighted by molar-refractivity contribution is 7.92. The molecule has 100 valence electrons. The molecule has 0 amide bonds. The van der Waals surface area contributed by atoms with Crippen LogP contribution in [-0.4, -0.2) is 21.7 Å². The second kappa shape index (κ2) is 4.55. The molecule has 2 rings (SSSR count). The van der Waals surface area contributed by atoms with E-state index in [2.05, 4.69) is 0 Å². The third-order valence-electron chi connectivity index (χ3n) is 3.80. The van der Waals surface area contributed by atoms with Crippen LogP contribution in [0.2, 0.25) is 0 Å².